The minimum Gasteiger partial charge on any atom is -0.282 e. The quantitative estimate of drug-likeness (QED) is 0.697. The smallest absolute Gasteiger partial charge is 0.250 e. The van der Waals surface area contributed by atoms with E-state index in [9.17, 15) is 12.8 Å². The van der Waals surface area contributed by atoms with Gasteiger partial charge < -0.3 is 0 Å². The van der Waals surface area contributed by atoms with E-state index >= 15 is 0 Å². The van der Waals surface area contributed by atoms with Gasteiger partial charge in [0.1, 0.15) is 5.67 Å². The Morgan fingerprint density at radius 2 is 1.56 bits per heavy atom. The van der Waals surface area contributed by atoms with Crippen LogP contribution < -0.4 is 4.72 Å². The molecule has 0 amide bonds. The van der Waals surface area contributed by atoms with Gasteiger partial charge in [-0.05, 0) is 87.6 Å². The number of hydrogen-bond acceptors (Lipinski definition) is 2. The van der Waals surface area contributed by atoms with Crippen LogP contribution in [-0.4, -0.2) is 18.8 Å². The highest BCUT2D eigenvalue weighted by Crippen LogP contribution is 2.51. The van der Waals surface area contributed by atoms with Crippen LogP contribution in [0.3, 0.4) is 0 Å². The number of rotatable bonds is 4. The van der Waals surface area contributed by atoms with Crippen LogP contribution >= 0.6 is 0 Å². The van der Waals surface area contributed by atoms with Crippen LogP contribution in [0.5, 0.6) is 0 Å². The molecule has 1 N–H and O–H groups in total. The summed E-state index contributed by atoms with van der Waals surface area (Å²) in [5.74, 6) is 0. The first-order valence-corrected chi connectivity index (χ1v) is 10.5. The molecule has 0 saturated carbocycles. The molecule has 3 rings (SSSR count). The molecule has 0 unspecified atom stereocenters. The summed E-state index contributed by atoms with van der Waals surface area (Å²) in [6.45, 7) is 8.75. The van der Waals surface area contributed by atoms with Crippen LogP contribution in [0.1, 0.15) is 41.0 Å². The molecular formula is C22H26FNO2S. The van der Waals surface area contributed by atoms with Gasteiger partial charge in [-0.15, -0.1) is 0 Å². The van der Waals surface area contributed by atoms with E-state index in [0.29, 0.717) is 23.3 Å². The van der Waals surface area contributed by atoms with Crippen molar-refractivity contribution in [3.63, 3.8) is 0 Å². The number of hydrogen-bond donors (Lipinski definition) is 1. The Morgan fingerprint density at radius 1 is 1.00 bits per heavy atom. The first kappa shape index (κ1) is 19.6. The summed E-state index contributed by atoms with van der Waals surface area (Å²) >= 11 is 0. The van der Waals surface area contributed by atoms with Crippen molar-refractivity contribution < 1.29 is 12.8 Å². The van der Waals surface area contributed by atoms with Gasteiger partial charge in [0.2, 0.25) is 0 Å². The fourth-order valence-corrected chi connectivity index (χ4v) is 6.69. The van der Waals surface area contributed by atoms with Gasteiger partial charge in [-0.1, -0.05) is 29.8 Å². The molecule has 0 heterocycles. The summed E-state index contributed by atoms with van der Waals surface area (Å²) in [5.41, 5.74) is 2.46. The molecule has 0 bridgehead atoms. The van der Waals surface area contributed by atoms with E-state index in [2.05, 4.69) is 4.72 Å². The van der Waals surface area contributed by atoms with Crippen molar-refractivity contribution in [2.75, 3.05) is 4.72 Å². The molecule has 0 spiro atoms. The molecule has 0 atom stereocenters. The van der Waals surface area contributed by atoms with Crippen molar-refractivity contribution in [1.29, 1.82) is 0 Å². The number of halogens is 1. The predicted octanol–water partition coefficient (Wildman–Crippen LogP) is 5.47. The van der Waals surface area contributed by atoms with Gasteiger partial charge in [0.25, 0.3) is 10.0 Å². The maximum Gasteiger partial charge on any atom is 0.250 e. The summed E-state index contributed by atoms with van der Waals surface area (Å²) < 4.78 is 43.8. The standard InChI is InChI=1S/C22H26FNO2S/c1-15-11-12-16(2)20(15)22(17(3)13-21(5,23)14-18(22)4)27(25,26)24-19-9-7-6-8-10-19/h6-11,13-14,24H,12H2,1-5H3. The fourth-order valence-electron chi connectivity index (χ4n) is 4.52. The van der Waals surface area contributed by atoms with E-state index in [1.165, 1.54) is 19.1 Å². The molecule has 5 heteroatoms. The summed E-state index contributed by atoms with van der Waals surface area (Å²) in [6, 6.07) is 8.81. The van der Waals surface area contributed by atoms with E-state index in [0.717, 1.165) is 16.7 Å². The third-order valence-electron chi connectivity index (χ3n) is 5.42. The zero-order chi connectivity index (χ0) is 20.0. The van der Waals surface area contributed by atoms with Crippen molar-refractivity contribution in [2.45, 2.75) is 51.5 Å². The van der Waals surface area contributed by atoms with Gasteiger partial charge in [-0.25, -0.2) is 12.8 Å². The number of benzene rings is 1. The molecule has 0 aromatic heterocycles. The van der Waals surface area contributed by atoms with E-state index in [1.807, 2.05) is 26.0 Å². The SMILES string of the molecule is CC1=CCC(C)=C1C1(S(=O)(=O)Nc2ccccc2)C(C)=CC(C)(F)C=C1C. The van der Waals surface area contributed by atoms with E-state index in [-0.39, 0.29) is 0 Å². The molecular weight excluding hydrogens is 361 g/mol. The van der Waals surface area contributed by atoms with Crippen molar-refractivity contribution >= 4 is 15.7 Å². The predicted molar refractivity (Wildman–Crippen MR) is 110 cm³/mol. The van der Waals surface area contributed by atoms with Crippen LogP contribution in [0, 0.1) is 0 Å². The highest BCUT2D eigenvalue weighted by Gasteiger charge is 2.54. The van der Waals surface area contributed by atoms with E-state index in [1.54, 1.807) is 38.1 Å². The zero-order valence-corrected chi connectivity index (χ0v) is 17.2. The number of nitrogens with one attached hydrogen (secondary N) is 1. The lowest BCUT2D eigenvalue weighted by Crippen LogP contribution is -2.49. The Bertz CT molecular complexity index is 974. The van der Waals surface area contributed by atoms with Crippen LogP contribution in [-0.2, 0) is 10.0 Å². The van der Waals surface area contributed by atoms with Crippen molar-refractivity contribution in [1.82, 2.24) is 0 Å². The monoisotopic (exact) mass is 387 g/mol. The van der Waals surface area contributed by atoms with E-state index < -0.39 is 20.4 Å². The van der Waals surface area contributed by atoms with Gasteiger partial charge in [0, 0.05) is 5.69 Å². The van der Waals surface area contributed by atoms with Crippen LogP contribution in [0.25, 0.3) is 0 Å². The molecule has 2 aliphatic carbocycles. The second kappa shape index (κ2) is 6.48. The Kier molecular flexibility index (Phi) is 4.71. The Labute approximate surface area is 161 Å². The summed E-state index contributed by atoms with van der Waals surface area (Å²) in [7, 11) is -3.95. The van der Waals surface area contributed by atoms with Crippen molar-refractivity contribution in [2.24, 2.45) is 0 Å². The number of allylic oxidation sites excluding steroid dienone is 5. The average molecular weight is 388 g/mol. The highest BCUT2D eigenvalue weighted by atomic mass is 32.2. The Hall–Kier alpha value is -2.14. The van der Waals surface area contributed by atoms with Crippen LogP contribution in [0.4, 0.5) is 10.1 Å². The Morgan fingerprint density at radius 3 is 2.04 bits per heavy atom. The van der Waals surface area contributed by atoms with Crippen LogP contribution in [0.2, 0.25) is 0 Å². The minimum atomic E-state index is -3.95. The largest absolute Gasteiger partial charge is 0.282 e. The van der Waals surface area contributed by atoms with Gasteiger partial charge in [-0.2, -0.15) is 0 Å². The third-order valence-corrected chi connectivity index (χ3v) is 7.58. The molecule has 27 heavy (non-hydrogen) atoms. The third kappa shape index (κ3) is 3.08. The number of anilines is 1. The second-order valence-corrected chi connectivity index (χ2v) is 9.53. The molecule has 0 fully saturated rings. The zero-order valence-electron chi connectivity index (χ0n) is 16.4. The van der Waals surface area contributed by atoms with Crippen LogP contribution in [0.15, 0.2) is 76.4 Å². The number of sulfonamides is 1. The molecule has 3 nitrogen and oxygen atoms in total. The summed E-state index contributed by atoms with van der Waals surface area (Å²) in [4.78, 5) is 0. The van der Waals surface area contributed by atoms with Gasteiger partial charge in [0.05, 0.1) is 0 Å². The summed E-state index contributed by atoms with van der Waals surface area (Å²) in [5, 5.41) is 0. The molecule has 0 aliphatic heterocycles. The molecule has 2 aliphatic rings. The maximum absolute atomic E-state index is 14.8. The lowest BCUT2D eigenvalue weighted by atomic mass is 9.75. The molecule has 1 aromatic rings. The fraction of sp³-hybridized carbons (Fsp3) is 0.364. The lowest BCUT2D eigenvalue weighted by molar-refractivity contribution is 0.318. The lowest BCUT2D eigenvalue weighted by Gasteiger charge is -2.42. The summed E-state index contributed by atoms with van der Waals surface area (Å²) in [6.07, 6.45) is 5.59. The topological polar surface area (TPSA) is 46.2 Å². The van der Waals surface area contributed by atoms with Crippen molar-refractivity contribution in [3.8, 4) is 0 Å². The number of alkyl halides is 1. The molecule has 0 saturated heterocycles. The first-order valence-electron chi connectivity index (χ1n) is 9.05. The first-order chi connectivity index (χ1) is 12.5. The van der Waals surface area contributed by atoms with Gasteiger partial charge >= 0.3 is 0 Å². The minimum absolute atomic E-state index is 0.486. The maximum atomic E-state index is 14.8. The normalized spacial score (nSPS) is 28.6. The Balaban J connectivity index is 2.29. The van der Waals surface area contributed by atoms with Crippen molar-refractivity contribution in [3.05, 3.63) is 76.4 Å². The van der Waals surface area contributed by atoms with Gasteiger partial charge in [-0.3, -0.25) is 4.72 Å². The van der Waals surface area contributed by atoms with E-state index in [4.69, 9.17) is 0 Å². The molecule has 144 valence electrons. The highest BCUT2D eigenvalue weighted by molar-refractivity contribution is 7.94. The molecule has 0 radical (unpaired) electrons. The molecule has 1 aromatic carbocycles. The second-order valence-electron chi connectivity index (χ2n) is 7.71. The average Bonchev–Trinajstić information content (AvgIpc) is 2.86. The number of para-hydroxylation sites is 1. The van der Waals surface area contributed by atoms with Gasteiger partial charge in [0.15, 0.2) is 4.75 Å².